The van der Waals surface area contributed by atoms with Crippen molar-refractivity contribution in [1.29, 1.82) is 0 Å². The Morgan fingerprint density at radius 1 is 1.21 bits per heavy atom. The Morgan fingerprint density at radius 2 is 1.71 bits per heavy atom. The highest BCUT2D eigenvalue weighted by atomic mass is 79.9. The molecular weight excluding hydrogens is 306 g/mol. The molecule has 0 spiro atoms. The van der Waals surface area contributed by atoms with Crippen LogP contribution < -0.4 is 0 Å². The number of hydrogen-bond acceptors (Lipinski definition) is 1. The highest BCUT2D eigenvalue weighted by molar-refractivity contribution is 9.11. The molecule has 0 N–H and O–H groups in total. The second-order valence-electron chi connectivity index (χ2n) is 4.11. The normalized spacial score (nSPS) is 11.8. The van der Waals surface area contributed by atoms with Crippen LogP contribution in [0.1, 0.15) is 39.2 Å². The van der Waals surface area contributed by atoms with Gasteiger partial charge in [0.15, 0.2) is 0 Å². The third kappa shape index (κ3) is 2.57. The van der Waals surface area contributed by atoms with Crippen LogP contribution in [-0.4, -0.2) is 4.98 Å². The molecule has 78 valence electrons. The van der Waals surface area contributed by atoms with E-state index >= 15 is 0 Å². The molecule has 14 heavy (non-hydrogen) atoms. The quantitative estimate of drug-likeness (QED) is 0.787. The standard InChI is InChI=1S/C11H15Br2N/c1-4-5-11(2,3)10-8(12)6-14-7-9(10)13/h6-7H,4-5H2,1-3H3. The SMILES string of the molecule is CCCC(C)(C)c1c(Br)cncc1Br. The third-order valence-electron chi connectivity index (χ3n) is 2.41. The summed E-state index contributed by atoms with van der Waals surface area (Å²) in [5.41, 5.74) is 1.50. The first kappa shape index (κ1) is 12.2. The van der Waals surface area contributed by atoms with Crippen LogP contribution in [0.3, 0.4) is 0 Å². The minimum Gasteiger partial charge on any atom is -0.262 e. The van der Waals surface area contributed by atoms with Crippen LogP contribution in [0.15, 0.2) is 21.3 Å². The van der Waals surface area contributed by atoms with Gasteiger partial charge in [-0.3, -0.25) is 4.98 Å². The molecule has 1 aromatic heterocycles. The second kappa shape index (κ2) is 4.75. The molecule has 0 atom stereocenters. The molecule has 0 fully saturated rings. The van der Waals surface area contributed by atoms with Gasteiger partial charge in [-0.2, -0.15) is 0 Å². The Morgan fingerprint density at radius 3 is 2.14 bits per heavy atom. The smallest absolute Gasteiger partial charge is 0.0414 e. The molecule has 0 aliphatic heterocycles. The van der Waals surface area contributed by atoms with E-state index in [2.05, 4.69) is 57.6 Å². The van der Waals surface area contributed by atoms with Crippen molar-refractivity contribution in [2.24, 2.45) is 0 Å². The van der Waals surface area contributed by atoms with E-state index < -0.39 is 0 Å². The van der Waals surface area contributed by atoms with E-state index in [0.29, 0.717) is 0 Å². The van der Waals surface area contributed by atoms with E-state index in [-0.39, 0.29) is 5.41 Å². The predicted molar refractivity (Wildman–Crippen MR) is 67.6 cm³/mol. The largest absolute Gasteiger partial charge is 0.262 e. The van der Waals surface area contributed by atoms with Crippen molar-refractivity contribution >= 4 is 31.9 Å². The summed E-state index contributed by atoms with van der Waals surface area (Å²) in [5.74, 6) is 0. The molecule has 1 rings (SSSR count). The summed E-state index contributed by atoms with van der Waals surface area (Å²) in [5, 5.41) is 0. The number of halogens is 2. The zero-order chi connectivity index (χ0) is 10.8. The number of pyridine rings is 1. The maximum atomic E-state index is 4.12. The van der Waals surface area contributed by atoms with Gasteiger partial charge in [-0.1, -0.05) is 27.2 Å². The minimum atomic E-state index is 0.190. The Bertz CT molecular complexity index is 301. The van der Waals surface area contributed by atoms with E-state index in [1.165, 1.54) is 18.4 Å². The summed E-state index contributed by atoms with van der Waals surface area (Å²) in [7, 11) is 0. The number of rotatable bonds is 3. The van der Waals surface area contributed by atoms with Gasteiger partial charge < -0.3 is 0 Å². The molecule has 0 saturated carbocycles. The molecule has 1 nitrogen and oxygen atoms in total. The topological polar surface area (TPSA) is 12.9 Å². The number of aromatic nitrogens is 1. The lowest BCUT2D eigenvalue weighted by atomic mass is 9.81. The summed E-state index contributed by atoms with van der Waals surface area (Å²) < 4.78 is 2.18. The van der Waals surface area contributed by atoms with E-state index in [1.807, 2.05) is 12.4 Å². The maximum Gasteiger partial charge on any atom is 0.0414 e. The fraction of sp³-hybridized carbons (Fsp3) is 0.545. The van der Waals surface area contributed by atoms with Gasteiger partial charge >= 0.3 is 0 Å². The van der Waals surface area contributed by atoms with E-state index in [4.69, 9.17) is 0 Å². The van der Waals surface area contributed by atoms with Gasteiger partial charge in [-0.15, -0.1) is 0 Å². The summed E-state index contributed by atoms with van der Waals surface area (Å²) >= 11 is 7.12. The van der Waals surface area contributed by atoms with E-state index in [9.17, 15) is 0 Å². The zero-order valence-corrected chi connectivity index (χ0v) is 11.9. The van der Waals surface area contributed by atoms with Gasteiger partial charge in [0.25, 0.3) is 0 Å². The first-order chi connectivity index (χ1) is 6.49. The first-order valence-electron chi connectivity index (χ1n) is 4.78. The molecule has 0 saturated heterocycles. The highest BCUT2D eigenvalue weighted by Gasteiger charge is 2.24. The molecule has 0 amide bonds. The average molecular weight is 321 g/mol. The number of hydrogen-bond donors (Lipinski definition) is 0. The lowest BCUT2D eigenvalue weighted by Crippen LogP contribution is -2.18. The van der Waals surface area contributed by atoms with E-state index in [1.54, 1.807) is 0 Å². The van der Waals surface area contributed by atoms with Gasteiger partial charge in [-0.05, 0) is 49.3 Å². The summed E-state index contributed by atoms with van der Waals surface area (Å²) in [4.78, 5) is 4.12. The molecule has 1 heterocycles. The van der Waals surface area contributed by atoms with Crippen molar-refractivity contribution in [3.8, 4) is 0 Å². The fourth-order valence-electron chi connectivity index (χ4n) is 1.81. The van der Waals surface area contributed by atoms with Crippen LogP contribution in [0.2, 0.25) is 0 Å². The first-order valence-corrected chi connectivity index (χ1v) is 6.37. The molecule has 0 aliphatic carbocycles. The third-order valence-corrected chi connectivity index (χ3v) is 3.61. The summed E-state index contributed by atoms with van der Waals surface area (Å²) in [6.45, 7) is 6.74. The van der Waals surface area contributed by atoms with Gasteiger partial charge in [0.05, 0.1) is 0 Å². The van der Waals surface area contributed by atoms with Crippen LogP contribution in [0.25, 0.3) is 0 Å². The van der Waals surface area contributed by atoms with Crippen LogP contribution in [0, 0.1) is 0 Å². The lowest BCUT2D eigenvalue weighted by molar-refractivity contribution is 0.468. The van der Waals surface area contributed by atoms with Crippen molar-refractivity contribution in [2.75, 3.05) is 0 Å². The predicted octanol–water partition coefficient (Wildman–Crippen LogP) is 4.68. The van der Waals surface area contributed by atoms with E-state index in [0.717, 1.165) is 8.95 Å². The lowest BCUT2D eigenvalue weighted by Gasteiger charge is -2.26. The molecular formula is C11H15Br2N. The second-order valence-corrected chi connectivity index (χ2v) is 5.82. The molecule has 0 radical (unpaired) electrons. The molecule has 0 aromatic carbocycles. The maximum absolute atomic E-state index is 4.12. The van der Waals surface area contributed by atoms with Gasteiger partial charge in [-0.25, -0.2) is 0 Å². The molecule has 1 aromatic rings. The van der Waals surface area contributed by atoms with Crippen molar-refractivity contribution in [1.82, 2.24) is 4.98 Å². The van der Waals surface area contributed by atoms with Crippen molar-refractivity contribution in [2.45, 2.75) is 39.0 Å². The Balaban J connectivity index is 3.17. The minimum absolute atomic E-state index is 0.190. The van der Waals surface area contributed by atoms with Gasteiger partial charge in [0.1, 0.15) is 0 Å². The van der Waals surface area contributed by atoms with Crippen molar-refractivity contribution in [3.63, 3.8) is 0 Å². The Kier molecular flexibility index (Phi) is 4.14. The highest BCUT2D eigenvalue weighted by Crippen LogP contribution is 2.37. The summed E-state index contributed by atoms with van der Waals surface area (Å²) in [6, 6.07) is 0. The summed E-state index contributed by atoms with van der Waals surface area (Å²) in [6.07, 6.45) is 6.08. The van der Waals surface area contributed by atoms with Crippen LogP contribution >= 0.6 is 31.9 Å². The zero-order valence-electron chi connectivity index (χ0n) is 8.77. The van der Waals surface area contributed by atoms with Crippen molar-refractivity contribution in [3.05, 3.63) is 26.9 Å². The average Bonchev–Trinajstić information content (AvgIpc) is 2.02. The Hall–Kier alpha value is 0.110. The van der Waals surface area contributed by atoms with Crippen LogP contribution in [-0.2, 0) is 5.41 Å². The number of nitrogens with zero attached hydrogens (tertiary/aromatic N) is 1. The molecule has 0 aliphatic rings. The monoisotopic (exact) mass is 319 g/mol. The Labute approximate surface area is 103 Å². The van der Waals surface area contributed by atoms with Crippen LogP contribution in [0.5, 0.6) is 0 Å². The van der Waals surface area contributed by atoms with Crippen LogP contribution in [0.4, 0.5) is 0 Å². The molecule has 3 heteroatoms. The van der Waals surface area contributed by atoms with Crippen molar-refractivity contribution < 1.29 is 0 Å². The van der Waals surface area contributed by atoms with Gasteiger partial charge in [0.2, 0.25) is 0 Å². The molecule has 0 unspecified atom stereocenters. The molecule has 0 bridgehead atoms. The fourth-order valence-corrected chi connectivity index (χ4v) is 3.81. The van der Waals surface area contributed by atoms with Gasteiger partial charge in [0, 0.05) is 21.3 Å².